The van der Waals surface area contributed by atoms with Crippen LogP contribution < -0.4 is 4.90 Å². The highest BCUT2D eigenvalue weighted by Crippen LogP contribution is 2.23. The van der Waals surface area contributed by atoms with Gasteiger partial charge in [-0.2, -0.15) is 5.26 Å². The summed E-state index contributed by atoms with van der Waals surface area (Å²) in [5.74, 6) is -0.374. The van der Waals surface area contributed by atoms with E-state index in [1.807, 2.05) is 13.0 Å². The quantitative estimate of drug-likeness (QED) is 0.725. The smallest absolute Gasteiger partial charge is 0.124 e. The van der Waals surface area contributed by atoms with E-state index in [0.29, 0.717) is 12.2 Å². The number of halogens is 1. The van der Waals surface area contributed by atoms with Crippen molar-refractivity contribution in [2.24, 2.45) is 0 Å². The van der Waals surface area contributed by atoms with Gasteiger partial charge in [0.1, 0.15) is 11.9 Å². The van der Waals surface area contributed by atoms with Gasteiger partial charge >= 0.3 is 0 Å². The summed E-state index contributed by atoms with van der Waals surface area (Å²) >= 11 is 0. The van der Waals surface area contributed by atoms with Gasteiger partial charge in [-0.15, -0.1) is 0 Å². The van der Waals surface area contributed by atoms with Crippen molar-refractivity contribution in [3.63, 3.8) is 0 Å². The number of nitrogens with zero attached hydrogens (tertiary/aromatic N) is 2. The molecule has 3 nitrogen and oxygen atoms in total. The summed E-state index contributed by atoms with van der Waals surface area (Å²) in [6.07, 6.45) is 0.144. The van der Waals surface area contributed by atoms with Gasteiger partial charge in [0.05, 0.1) is 24.0 Å². The van der Waals surface area contributed by atoms with Crippen LogP contribution in [-0.2, 0) is 4.74 Å². The molecule has 1 aliphatic rings. The second kappa shape index (κ2) is 4.50. The van der Waals surface area contributed by atoms with E-state index >= 15 is 0 Å². The lowest BCUT2D eigenvalue weighted by molar-refractivity contribution is 0.0532. The molecule has 0 spiro atoms. The molecule has 1 atom stereocenters. The van der Waals surface area contributed by atoms with Crippen LogP contribution in [0.5, 0.6) is 0 Å². The fraction of sp³-hybridized carbons (Fsp3) is 0.417. The number of hydrogen-bond donors (Lipinski definition) is 0. The van der Waals surface area contributed by atoms with Crippen LogP contribution >= 0.6 is 0 Å². The van der Waals surface area contributed by atoms with Gasteiger partial charge < -0.3 is 9.64 Å². The Balaban J connectivity index is 2.29. The maximum Gasteiger partial charge on any atom is 0.124 e. The van der Waals surface area contributed by atoms with E-state index in [4.69, 9.17) is 10.00 Å². The maximum absolute atomic E-state index is 13.0. The molecule has 0 saturated carbocycles. The average molecular weight is 220 g/mol. The van der Waals surface area contributed by atoms with Crippen molar-refractivity contribution < 1.29 is 9.13 Å². The van der Waals surface area contributed by atoms with Crippen molar-refractivity contribution in [2.75, 3.05) is 24.6 Å². The molecule has 0 radical (unpaired) electrons. The van der Waals surface area contributed by atoms with Crippen LogP contribution in [0.1, 0.15) is 12.5 Å². The molecule has 1 saturated heterocycles. The van der Waals surface area contributed by atoms with Crippen LogP contribution in [0.15, 0.2) is 18.2 Å². The van der Waals surface area contributed by atoms with Gasteiger partial charge in [0.15, 0.2) is 0 Å². The molecule has 1 unspecified atom stereocenters. The van der Waals surface area contributed by atoms with Gasteiger partial charge in [0.25, 0.3) is 0 Å². The maximum atomic E-state index is 13.0. The Hall–Kier alpha value is -1.60. The molecule has 2 rings (SSSR count). The summed E-state index contributed by atoms with van der Waals surface area (Å²) < 4.78 is 18.4. The number of rotatable bonds is 1. The fourth-order valence-electron chi connectivity index (χ4n) is 1.91. The molecule has 0 amide bonds. The van der Waals surface area contributed by atoms with Gasteiger partial charge in [-0.25, -0.2) is 4.39 Å². The molecule has 16 heavy (non-hydrogen) atoms. The van der Waals surface area contributed by atoms with Crippen LogP contribution in [0.2, 0.25) is 0 Å². The SMILES string of the molecule is CC1CN(c2ccc(F)cc2C#N)CCO1. The van der Waals surface area contributed by atoms with E-state index in [0.717, 1.165) is 18.8 Å². The summed E-state index contributed by atoms with van der Waals surface area (Å²) in [5, 5.41) is 8.96. The number of hydrogen-bond acceptors (Lipinski definition) is 3. The first-order valence-corrected chi connectivity index (χ1v) is 5.27. The zero-order valence-corrected chi connectivity index (χ0v) is 9.11. The van der Waals surface area contributed by atoms with Gasteiger partial charge in [0, 0.05) is 13.1 Å². The van der Waals surface area contributed by atoms with Crippen molar-refractivity contribution in [3.8, 4) is 6.07 Å². The minimum atomic E-state index is -0.374. The van der Waals surface area contributed by atoms with E-state index in [-0.39, 0.29) is 11.9 Å². The molecule has 84 valence electrons. The highest BCUT2D eigenvalue weighted by molar-refractivity contribution is 5.59. The number of benzene rings is 1. The molecule has 1 heterocycles. The number of anilines is 1. The van der Waals surface area contributed by atoms with Crippen molar-refractivity contribution in [1.29, 1.82) is 5.26 Å². The lowest BCUT2D eigenvalue weighted by Crippen LogP contribution is -2.41. The van der Waals surface area contributed by atoms with Crippen molar-refractivity contribution >= 4 is 5.69 Å². The summed E-state index contributed by atoms with van der Waals surface area (Å²) in [6, 6.07) is 6.34. The zero-order valence-electron chi connectivity index (χ0n) is 9.11. The highest BCUT2D eigenvalue weighted by atomic mass is 19.1. The van der Waals surface area contributed by atoms with Gasteiger partial charge in [-0.3, -0.25) is 0 Å². The first-order chi connectivity index (χ1) is 7.70. The molecule has 1 aliphatic heterocycles. The van der Waals surface area contributed by atoms with Crippen LogP contribution in [0, 0.1) is 17.1 Å². The van der Waals surface area contributed by atoms with E-state index in [9.17, 15) is 4.39 Å². The van der Waals surface area contributed by atoms with Gasteiger partial charge in [-0.05, 0) is 25.1 Å². The molecule has 0 bridgehead atoms. The Morgan fingerprint density at radius 3 is 3.06 bits per heavy atom. The Morgan fingerprint density at radius 2 is 2.38 bits per heavy atom. The molecule has 1 fully saturated rings. The number of morpholine rings is 1. The lowest BCUT2D eigenvalue weighted by Gasteiger charge is -2.33. The van der Waals surface area contributed by atoms with E-state index in [1.54, 1.807) is 6.07 Å². The lowest BCUT2D eigenvalue weighted by atomic mass is 10.1. The Kier molecular flexibility index (Phi) is 3.07. The molecule has 1 aromatic rings. The highest BCUT2D eigenvalue weighted by Gasteiger charge is 2.19. The fourth-order valence-corrected chi connectivity index (χ4v) is 1.91. The summed E-state index contributed by atoms with van der Waals surface area (Å²) in [5.41, 5.74) is 1.17. The van der Waals surface area contributed by atoms with E-state index in [2.05, 4.69) is 4.90 Å². The van der Waals surface area contributed by atoms with Crippen LogP contribution in [0.4, 0.5) is 10.1 Å². The van der Waals surface area contributed by atoms with Crippen LogP contribution in [-0.4, -0.2) is 25.8 Å². The molecular formula is C12H13FN2O. The van der Waals surface area contributed by atoms with Crippen molar-refractivity contribution in [1.82, 2.24) is 0 Å². The Labute approximate surface area is 94.0 Å². The average Bonchev–Trinajstić information content (AvgIpc) is 2.28. The van der Waals surface area contributed by atoms with E-state index in [1.165, 1.54) is 12.1 Å². The van der Waals surface area contributed by atoms with Gasteiger partial charge in [-0.1, -0.05) is 0 Å². The Bertz CT molecular complexity index is 428. The third-order valence-electron chi connectivity index (χ3n) is 2.66. The third kappa shape index (κ3) is 2.15. The first kappa shape index (κ1) is 10.9. The largest absolute Gasteiger partial charge is 0.375 e. The number of nitriles is 1. The monoisotopic (exact) mass is 220 g/mol. The van der Waals surface area contributed by atoms with Crippen LogP contribution in [0.25, 0.3) is 0 Å². The normalized spacial score (nSPS) is 20.6. The third-order valence-corrected chi connectivity index (χ3v) is 2.66. The Morgan fingerprint density at radius 1 is 1.56 bits per heavy atom. The molecule has 0 aromatic heterocycles. The molecule has 1 aromatic carbocycles. The van der Waals surface area contributed by atoms with Crippen LogP contribution in [0.3, 0.4) is 0 Å². The van der Waals surface area contributed by atoms with Gasteiger partial charge in [0.2, 0.25) is 0 Å². The molecule has 4 heteroatoms. The number of ether oxygens (including phenoxy) is 1. The standard InChI is InChI=1S/C12H13FN2O/c1-9-8-15(4-5-16-9)12-3-2-11(13)6-10(12)7-14/h2-3,6,9H,4-5,8H2,1H3. The molecular weight excluding hydrogens is 207 g/mol. The first-order valence-electron chi connectivity index (χ1n) is 5.27. The summed E-state index contributed by atoms with van der Waals surface area (Å²) in [4.78, 5) is 2.06. The van der Waals surface area contributed by atoms with Crippen molar-refractivity contribution in [3.05, 3.63) is 29.6 Å². The minimum absolute atomic E-state index is 0.144. The van der Waals surface area contributed by atoms with Crippen molar-refractivity contribution in [2.45, 2.75) is 13.0 Å². The molecule has 0 N–H and O–H groups in total. The predicted molar refractivity (Wildman–Crippen MR) is 58.7 cm³/mol. The second-order valence-corrected chi connectivity index (χ2v) is 3.90. The summed E-state index contributed by atoms with van der Waals surface area (Å²) in [7, 11) is 0. The van der Waals surface area contributed by atoms with E-state index < -0.39 is 0 Å². The molecule has 0 aliphatic carbocycles. The predicted octanol–water partition coefficient (Wildman–Crippen LogP) is 1.92. The second-order valence-electron chi connectivity index (χ2n) is 3.90. The minimum Gasteiger partial charge on any atom is -0.375 e. The summed E-state index contributed by atoms with van der Waals surface area (Å²) in [6.45, 7) is 4.11. The zero-order chi connectivity index (χ0) is 11.5. The topological polar surface area (TPSA) is 36.3 Å².